The maximum atomic E-state index is 11.0. The van der Waals surface area contributed by atoms with Crippen LogP contribution in [0.1, 0.15) is 19.3 Å². The number of anilines is 1. The lowest BCUT2D eigenvalue weighted by Gasteiger charge is -2.17. The van der Waals surface area contributed by atoms with Crippen molar-refractivity contribution in [3.63, 3.8) is 0 Å². The zero-order chi connectivity index (χ0) is 11.1. The van der Waals surface area contributed by atoms with Gasteiger partial charge in [-0.1, -0.05) is 0 Å². The quantitative estimate of drug-likeness (QED) is 0.667. The van der Waals surface area contributed by atoms with E-state index < -0.39 is 0 Å². The van der Waals surface area contributed by atoms with Crippen LogP contribution in [-0.4, -0.2) is 35.5 Å². The molecule has 1 aromatic heterocycles. The van der Waals surface area contributed by atoms with Crippen LogP contribution >= 0.6 is 0 Å². The maximum absolute atomic E-state index is 11.0. The van der Waals surface area contributed by atoms with E-state index in [-0.39, 0.29) is 12.2 Å². The molecule has 0 aromatic carbocycles. The average molecular weight is 211 g/mol. The summed E-state index contributed by atoms with van der Waals surface area (Å²) in [5.74, 6) is 0. The fourth-order valence-electron chi connectivity index (χ4n) is 1.34. The van der Waals surface area contributed by atoms with Gasteiger partial charge in [0.05, 0.1) is 11.9 Å². The molecule has 15 heavy (non-hydrogen) atoms. The van der Waals surface area contributed by atoms with Gasteiger partial charge in [-0.3, -0.25) is 4.79 Å². The van der Waals surface area contributed by atoms with Gasteiger partial charge in [-0.05, 0) is 19.3 Å². The zero-order valence-electron chi connectivity index (χ0n) is 8.94. The number of aromatic nitrogens is 2. The van der Waals surface area contributed by atoms with E-state index in [0.29, 0.717) is 0 Å². The van der Waals surface area contributed by atoms with Gasteiger partial charge in [0.1, 0.15) is 0 Å². The molecule has 84 valence electrons. The van der Waals surface area contributed by atoms with Gasteiger partial charge >= 0.3 is 0 Å². The summed E-state index contributed by atoms with van der Waals surface area (Å²) in [5.41, 5.74) is 0.637. The van der Waals surface area contributed by atoms with Crippen molar-refractivity contribution in [1.82, 2.24) is 10.2 Å². The summed E-state index contributed by atoms with van der Waals surface area (Å²) in [4.78, 5) is 13.0. The number of rotatable bonds is 6. The Balaban J connectivity index is 2.40. The Hall–Kier alpha value is -1.36. The molecule has 1 heterocycles. The minimum atomic E-state index is -0.185. The summed E-state index contributed by atoms with van der Waals surface area (Å²) in [6.45, 7) is 1.11. The van der Waals surface area contributed by atoms with Crippen LogP contribution in [0, 0.1) is 0 Å². The molecule has 5 nitrogen and oxygen atoms in total. The number of hydrogen-bond acceptors (Lipinski definition) is 4. The van der Waals surface area contributed by atoms with Gasteiger partial charge in [0.25, 0.3) is 5.56 Å². The van der Waals surface area contributed by atoms with Crippen molar-refractivity contribution in [3.8, 4) is 0 Å². The molecule has 0 unspecified atom stereocenters. The predicted octanol–water partition coefficient (Wildman–Crippen LogP) is 0.369. The van der Waals surface area contributed by atoms with Crippen LogP contribution in [-0.2, 0) is 0 Å². The first-order chi connectivity index (χ1) is 7.24. The molecule has 0 saturated heterocycles. The summed E-state index contributed by atoms with van der Waals surface area (Å²) < 4.78 is 0. The van der Waals surface area contributed by atoms with E-state index in [1.165, 1.54) is 6.07 Å². The molecule has 5 heteroatoms. The molecule has 0 fully saturated rings. The summed E-state index contributed by atoms with van der Waals surface area (Å²) >= 11 is 0. The largest absolute Gasteiger partial charge is 0.396 e. The van der Waals surface area contributed by atoms with Crippen molar-refractivity contribution in [1.29, 1.82) is 0 Å². The van der Waals surface area contributed by atoms with Gasteiger partial charge in [-0.25, -0.2) is 5.10 Å². The second kappa shape index (κ2) is 6.19. The molecule has 0 saturated carbocycles. The number of aliphatic hydroxyl groups is 1. The normalized spacial score (nSPS) is 10.3. The topological polar surface area (TPSA) is 69.2 Å². The smallest absolute Gasteiger partial charge is 0.266 e. The van der Waals surface area contributed by atoms with E-state index in [0.717, 1.165) is 31.5 Å². The Morgan fingerprint density at radius 2 is 2.27 bits per heavy atom. The first kappa shape index (κ1) is 11.7. The van der Waals surface area contributed by atoms with Crippen molar-refractivity contribution in [2.24, 2.45) is 0 Å². The zero-order valence-corrected chi connectivity index (χ0v) is 8.94. The number of nitrogens with zero attached hydrogens (tertiary/aromatic N) is 2. The van der Waals surface area contributed by atoms with Crippen LogP contribution < -0.4 is 10.5 Å². The molecule has 0 aliphatic carbocycles. The first-order valence-electron chi connectivity index (χ1n) is 5.11. The van der Waals surface area contributed by atoms with Gasteiger partial charge in [-0.15, -0.1) is 0 Å². The highest BCUT2D eigenvalue weighted by Crippen LogP contribution is 2.07. The Morgan fingerprint density at radius 3 is 2.93 bits per heavy atom. The highest BCUT2D eigenvalue weighted by molar-refractivity contribution is 5.41. The van der Waals surface area contributed by atoms with Crippen molar-refractivity contribution < 1.29 is 5.11 Å². The third kappa shape index (κ3) is 4.12. The molecule has 0 aliphatic heterocycles. The number of H-pyrrole nitrogens is 1. The monoisotopic (exact) mass is 211 g/mol. The number of hydrogen-bond donors (Lipinski definition) is 2. The van der Waals surface area contributed by atoms with Gasteiger partial charge in [0.2, 0.25) is 0 Å². The lowest BCUT2D eigenvalue weighted by molar-refractivity contribution is 0.283. The van der Waals surface area contributed by atoms with Crippen LogP contribution in [0.25, 0.3) is 0 Å². The molecule has 0 bridgehead atoms. The molecule has 0 atom stereocenters. The van der Waals surface area contributed by atoms with Crippen LogP contribution in [0.2, 0.25) is 0 Å². The Labute approximate surface area is 88.7 Å². The minimum Gasteiger partial charge on any atom is -0.396 e. The van der Waals surface area contributed by atoms with E-state index in [1.807, 2.05) is 11.9 Å². The number of nitrogens with one attached hydrogen (secondary N) is 1. The van der Waals surface area contributed by atoms with Crippen LogP contribution in [0.5, 0.6) is 0 Å². The summed E-state index contributed by atoms with van der Waals surface area (Å²) in [6.07, 6.45) is 4.47. The Morgan fingerprint density at radius 1 is 1.47 bits per heavy atom. The SMILES string of the molecule is CN(CCCCCO)c1cn[nH]c(=O)c1. The molecular weight excluding hydrogens is 194 g/mol. The van der Waals surface area contributed by atoms with Crippen molar-refractivity contribution >= 4 is 5.69 Å². The fourth-order valence-corrected chi connectivity index (χ4v) is 1.34. The van der Waals surface area contributed by atoms with Crippen molar-refractivity contribution in [3.05, 3.63) is 22.6 Å². The number of unbranched alkanes of at least 4 members (excludes halogenated alkanes) is 2. The number of aromatic amines is 1. The average Bonchev–Trinajstić information content (AvgIpc) is 2.24. The molecule has 0 aliphatic rings. The van der Waals surface area contributed by atoms with E-state index in [2.05, 4.69) is 10.2 Å². The maximum Gasteiger partial charge on any atom is 0.266 e. The highest BCUT2D eigenvalue weighted by Gasteiger charge is 2.01. The molecule has 0 spiro atoms. The van der Waals surface area contributed by atoms with Gasteiger partial charge in [-0.2, -0.15) is 5.10 Å². The van der Waals surface area contributed by atoms with E-state index >= 15 is 0 Å². The third-order valence-corrected chi connectivity index (χ3v) is 2.24. The van der Waals surface area contributed by atoms with Crippen molar-refractivity contribution in [2.75, 3.05) is 25.1 Å². The van der Waals surface area contributed by atoms with Gasteiger partial charge in [0, 0.05) is 26.3 Å². The van der Waals surface area contributed by atoms with E-state index in [1.54, 1.807) is 6.20 Å². The van der Waals surface area contributed by atoms with Crippen LogP contribution in [0.4, 0.5) is 5.69 Å². The predicted molar refractivity (Wildman–Crippen MR) is 59.1 cm³/mol. The van der Waals surface area contributed by atoms with Crippen LogP contribution in [0.15, 0.2) is 17.1 Å². The van der Waals surface area contributed by atoms with Crippen LogP contribution in [0.3, 0.4) is 0 Å². The van der Waals surface area contributed by atoms with E-state index in [9.17, 15) is 4.79 Å². The summed E-state index contributed by atoms with van der Waals surface area (Å²) in [7, 11) is 1.93. The standard InChI is InChI=1S/C10H17N3O2/c1-13(5-3-2-4-6-14)9-7-10(15)12-11-8-9/h7-8,14H,2-6H2,1H3,(H,12,15). The van der Waals surface area contributed by atoms with E-state index in [4.69, 9.17) is 5.11 Å². The lowest BCUT2D eigenvalue weighted by atomic mass is 10.2. The molecule has 0 radical (unpaired) electrons. The summed E-state index contributed by atoms with van der Waals surface area (Å²) in [6, 6.07) is 1.53. The molecule has 2 N–H and O–H groups in total. The van der Waals surface area contributed by atoms with Crippen molar-refractivity contribution in [2.45, 2.75) is 19.3 Å². The third-order valence-electron chi connectivity index (χ3n) is 2.24. The number of aliphatic hydroxyl groups excluding tert-OH is 1. The molecule has 0 amide bonds. The first-order valence-corrected chi connectivity index (χ1v) is 5.11. The lowest BCUT2D eigenvalue weighted by Crippen LogP contribution is -2.21. The van der Waals surface area contributed by atoms with Gasteiger partial charge < -0.3 is 10.0 Å². The summed E-state index contributed by atoms with van der Waals surface area (Å²) in [5, 5.41) is 14.7. The second-order valence-corrected chi connectivity index (χ2v) is 3.51. The Bertz CT molecular complexity index is 337. The molecule has 1 aromatic rings. The molecule has 1 rings (SSSR count). The fraction of sp³-hybridized carbons (Fsp3) is 0.600. The molecular formula is C10H17N3O2. The Kier molecular flexibility index (Phi) is 4.83. The van der Waals surface area contributed by atoms with Gasteiger partial charge in [0.15, 0.2) is 0 Å². The minimum absolute atomic E-state index is 0.185. The highest BCUT2D eigenvalue weighted by atomic mass is 16.2. The second-order valence-electron chi connectivity index (χ2n) is 3.51.